The lowest BCUT2D eigenvalue weighted by Gasteiger charge is -2.15. The number of carbonyl (C=O) groups is 2. The molecule has 0 bridgehead atoms. The summed E-state index contributed by atoms with van der Waals surface area (Å²) in [5.74, 6) is 6.80. The Morgan fingerprint density at radius 1 is 1.05 bits per heavy atom. The van der Waals surface area contributed by atoms with Gasteiger partial charge in [-0.05, 0) is 49.1 Å². The molecule has 1 fully saturated rings. The molecular weight excluding hydrogens is 492 g/mol. The number of anilines is 1. The lowest BCUT2D eigenvalue weighted by Crippen LogP contribution is -2.27. The van der Waals surface area contributed by atoms with Crippen LogP contribution in [0.1, 0.15) is 43.5 Å². The SMILES string of the molecule is CC(C)CC(=O)Nc1cncc(-c2cnc3[nH]nc(-c4cc5c(C(=O)N6CCCC6)cccc5n4N)c3c2)c1. The van der Waals surface area contributed by atoms with E-state index in [0.29, 0.717) is 34.7 Å². The van der Waals surface area contributed by atoms with E-state index < -0.39 is 0 Å². The Morgan fingerprint density at radius 2 is 1.85 bits per heavy atom. The lowest BCUT2D eigenvalue weighted by atomic mass is 10.1. The zero-order chi connectivity index (χ0) is 27.1. The van der Waals surface area contributed by atoms with E-state index in [4.69, 9.17) is 5.84 Å². The molecule has 6 rings (SSSR count). The zero-order valence-electron chi connectivity index (χ0n) is 21.9. The number of aromatic nitrogens is 5. The molecule has 1 saturated heterocycles. The van der Waals surface area contributed by atoms with Crippen LogP contribution in [-0.2, 0) is 4.79 Å². The zero-order valence-corrected chi connectivity index (χ0v) is 21.9. The van der Waals surface area contributed by atoms with E-state index in [-0.39, 0.29) is 17.7 Å². The van der Waals surface area contributed by atoms with Crippen molar-refractivity contribution in [2.75, 3.05) is 24.2 Å². The van der Waals surface area contributed by atoms with Crippen molar-refractivity contribution in [1.29, 1.82) is 0 Å². The molecule has 1 aromatic carbocycles. The quantitative estimate of drug-likeness (QED) is 0.280. The predicted octanol–water partition coefficient (Wildman–Crippen LogP) is 4.58. The van der Waals surface area contributed by atoms with E-state index in [1.165, 1.54) is 0 Å². The number of hydrogen-bond donors (Lipinski definition) is 3. The first-order valence-electron chi connectivity index (χ1n) is 13.2. The Balaban J connectivity index is 1.38. The average Bonchev–Trinajstić information content (AvgIpc) is 3.67. The van der Waals surface area contributed by atoms with E-state index in [2.05, 4.69) is 25.5 Å². The molecule has 0 spiro atoms. The smallest absolute Gasteiger partial charge is 0.254 e. The molecule has 1 aliphatic heterocycles. The number of H-pyrrole nitrogens is 1. The molecule has 1 aliphatic rings. The molecule has 0 unspecified atom stereocenters. The first kappa shape index (κ1) is 24.6. The van der Waals surface area contributed by atoms with Gasteiger partial charge in [0, 0.05) is 59.4 Å². The Kier molecular flexibility index (Phi) is 6.22. The number of nitrogens with zero attached hydrogens (tertiary/aromatic N) is 5. The number of amides is 2. The number of nitrogens with two attached hydrogens (primary N) is 1. The number of hydrogen-bond acceptors (Lipinski definition) is 6. The van der Waals surface area contributed by atoms with Gasteiger partial charge in [0.2, 0.25) is 5.91 Å². The van der Waals surface area contributed by atoms with Gasteiger partial charge in [0.05, 0.1) is 23.1 Å². The number of nitrogens with one attached hydrogen (secondary N) is 2. The minimum absolute atomic E-state index is 0.0268. The molecule has 10 heteroatoms. The molecule has 39 heavy (non-hydrogen) atoms. The van der Waals surface area contributed by atoms with E-state index in [1.807, 2.05) is 55.1 Å². The van der Waals surface area contributed by atoms with Crippen molar-refractivity contribution in [2.24, 2.45) is 5.92 Å². The maximum absolute atomic E-state index is 13.2. The van der Waals surface area contributed by atoms with Crippen LogP contribution in [0.2, 0.25) is 0 Å². The van der Waals surface area contributed by atoms with Crippen LogP contribution in [0.5, 0.6) is 0 Å². The van der Waals surface area contributed by atoms with Gasteiger partial charge in [-0.15, -0.1) is 0 Å². The Morgan fingerprint density at radius 3 is 2.64 bits per heavy atom. The minimum atomic E-state index is -0.0481. The van der Waals surface area contributed by atoms with Gasteiger partial charge in [-0.3, -0.25) is 24.3 Å². The summed E-state index contributed by atoms with van der Waals surface area (Å²) in [7, 11) is 0. The number of aromatic amines is 1. The molecule has 198 valence electrons. The predicted molar refractivity (Wildman–Crippen MR) is 151 cm³/mol. The molecule has 0 atom stereocenters. The Hall–Kier alpha value is -4.73. The molecule has 2 amide bonds. The second-order valence-corrected chi connectivity index (χ2v) is 10.4. The van der Waals surface area contributed by atoms with Crippen LogP contribution in [-0.4, -0.2) is 54.6 Å². The van der Waals surface area contributed by atoms with E-state index in [1.54, 1.807) is 23.3 Å². The highest BCUT2D eigenvalue weighted by molar-refractivity contribution is 6.08. The summed E-state index contributed by atoms with van der Waals surface area (Å²) in [6.45, 7) is 5.57. The molecule has 4 N–H and O–H groups in total. The highest BCUT2D eigenvalue weighted by atomic mass is 16.2. The first-order chi connectivity index (χ1) is 18.9. The van der Waals surface area contributed by atoms with E-state index >= 15 is 0 Å². The number of rotatable bonds is 6. The maximum atomic E-state index is 13.2. The average molecular weight is 523 g/mol. The summed E-state index contributed by atoms with van der Waals surface area (Å²) < 4.78 is 1.57. The maximum Gasteiger partial charge on any atom is 0.254 e. The second-order valence-electron chi connectivity index (χ2n) is 10.4. The van der Waals surface area contributed by atoms with Crippen molar-refractivity contribution >= 4 is 39.4 Å². The van der Waals surface area contributed by atoms with E-state index in [0.717, 1.165) is 53.3 Å². The highest BCUT2D eigenvalue weighted by Gasteiger charge is 2.24. The lowest BCUT2D eigenvalue weighted by molar-refractivity contribution is -0.116. The summed E-state index contributed by atoms with van der Waals surface area (Å²) in [5, 5.41) is 12.0. The fraction of sp³-hybridized carbons (Fsp3) is 0.276. The number of benzene rings is 1. The van der Waals surface area contributed by atoms with Crippen LogP contribution in [0.15, 0.2) is 55.0 Å². The van der Waals surface area contributed by atoms with Gasteiger partial charge in [-0.25, -0.2) is 4.98 Å². The fourth-order valence-electron chi connectivity index (χ4n) is 5.22. The molecule has 5 heterocycles. The summed E-state index contributed by atoms with van der Waals surface area (Å²) in [6, 6.07) is 11.4. The normalized spacial score (nSPS) is 13.6. The molecule has 0 saturated carbocycles. The highest BCUT2D eigenvalue weighted by Crippen LogP contribution is 2.34. The van der Waals surface area contributed by atoms with Crippen LogP contribution in [0.4, 0.5) is 5.69 Å². The standard InChI is InChI=1S/C29H30N8O2/c1-17(2)10-26(38)33-20-11-18(14-31-16-20)19-12-23-27(34-35-28(23)32-15-19)25-13-22-21(6-5-7-24(22)37(25)30)29(39)36-8-3-4-9-36/h5-7,11-17H,3-4,8-10,30H2,1-2H3,(H,33,38)(H,32,34,35). The van der Waals surface area contributed by atoms with Crippen LogP contribution in [0.25, 0.3) is 44.5 Å². The monoisotopic (exact) mass is 522 g/mol. The van der Waals surface area contributed by atoms with Crippen molar-refractivity contribution in [3.8, 4) is 22.5 Å². The van der Waals surface area contributed by atoms with Crippen LogP contribution in [0.3, 0.4) is 0 Å². The molecule has 5 aromatic rings. The summed E-state index contributed by atoms with van der Waals surface area (Å²) >= 11 is 0. The molecule has 4 aromatic heterocycles. The van der Waals surface area contributed by atoms with Crippen molar-refractivity contribution in [3.63, 3.8) is 0 Å². The number of carbonyl (C=O) groups excluding carboxylic acids is 2. The minimum Gasteiger partial charge on any atom is -0.339 e. The number of nitrogen functional groups attached to an aromatic ring is 1. The fourth-order valence-corrected chi connectivity index (χ4v) is 5.22. The summed E-state index contributed by atoms with van der Waals surface area (Å²) in [6.07, 6.45) is 7.60. The third-order valence-electron chi connectivity index (χ3n) is 7.11. The molecular formula is C29H30N8O2. The van der Waals surface area contributed by atoms with Crippen molar-refractivity contribution in [3.05, 3.63) is 60.6 Å². The van der Waals surface area contributed by atoms with E-state index in [9.17, 15) is 9.59 Å². The van der Waals surface area contributed by atoms with Gasteiger partial charge < -0.3 is 16.1 Å². The Labute approximate surface area is 225 Å². The number of fused-ring (bicyclic) bond motifs is 2. The first-order valence-corrected chi connectivity index (χ1v) is 13.2. The van der Waals surface area contributed by atoms with Crippen molar-refractivity contribution < 1.29 is 9.59 Å². The van der Waals surface area contributed by atoms with Gasteiger partial charge in [0.1, 0.15) is 5.69 Å². The Bertz CT molecular complexity index is 1710. The summed E-state index contributed by atoms with van der Waals surface area (Å²) in [5.41, 5.74) is 5.57. The molecule has 0 radical (unpaired) electrons. The van der Waals surface area contributed by atoms with Gasteiger partial charge in [0.15, 0.2) is 5.65 Å². The van der Waals surface area contributed by atoms with Gasteiger partial charge in [-0.2, -0.15) is 5.10 Å². The van der Waals surface area contributed by atoms with Gasteiger partial charge >= 0.3 is 0 Å². The van der Waals surface area contributed by atoms with Gasteiger partial charge in [0.25, 0.3) is 5.91 Å². The summed E-state index contributed by atoms with van der Waals surface area (Å²) in [4.78, 5) is 36.3. The van der Waals surface area contributed by atoms with Crippen molar-refractivity contribution in [2.45, 2.75) is 33.1 Å². The molecule has 0 aliphatic carbocycles. The van der Waals surface area contributed by atoms with Gasteiger partial charge in [-0.1, -0.05) is 19.9 Å². The van der Waals surface area contributed by atoms with Crippen molar-refractivity contribution in [1.82, 2.24) is 29.7 Å². The number of pyridine rings is 2. The third-order valence-corrected chi connectivity index (χ3v) is 7.11. The largest absolute Gasteiger partial charge is 0.339 e. The molecule has 10 nitrogen and oxygen atoms in total. The van der Waals surface area contributed by atoms with Crippen LogP contribution < -0.4 is 11.2 Å². The third kappa shape index (κ3) is 4.58. The van der Waals surface area contributed by atoms with Crippen LogP contribution in [0, 0.1) is 5.92 Å². The topological polar surface area (TPSA) is 135 Å². The number of likely N-dealkylation sites (tertiary alicyclic amines) is 1. The van der Waals surface area contributed by atoms with Crippen LogP contribution >= 0.6 is 0 Å². The second kappa shape index (κ2) is 9.86.